The lowest BCUT2D eigenvalue weighted by Gasteiger charge is -2.31. The SMILES string of the molecule is OCCCCCn1cc(CNc2nc(N3CCOCC3)cc(N3CCOCC3)n2)nn1. The molecule has 0 saturated carbocycles. The Labute approximate surface area is 182 Å². The van der Waals surface area contributed by atoms with Gasteiger partial charge in [0.2, 0.25) is 5.95 Å². The number of rotatable bonds is 10. The average Bonchev–Trinajstić information content (AvgIpc) is 3.29. The highest BCUT2D eigenvalue weighted by molar-refractivity contribution is 5.55. The fraction of sp³-hybridized carbons (Fsp3) is 0.700. The van der Waals surface area contributed by atoms with Crippen molar-refractivity contribution < 1.29 is 14.6 Å². The van der Waals surface area contributed by atoms with Gasteiger partial charge in [0.1, 0.15) is 17.3 Å². The molecule has 0 spiro atoms. The third kappa shape index (κ3) is 6.25. The minimum absolute atomic E-state index is 0.239. The molecule has 0 unspecified atom stereocenters. The number of ether oxygens (including phenoxy) is 2. The molecule has 2 aliphatic rings. The molecule has 31 heavy (non-hydrogen) atoms. The van der Waals surface area contributed by atoms with Gasteiger partial charge in [-0.1, -0.05) is 5.21 Å². The number of nitrogens with one attached hydrogen (secondary N) is 1. The number of morpholine rings is 2. The Balaban J connectivity index is 1.42. The Morgan fingerprint density at radius 3 is 2.16 bits per heavy atom. The van der Waals surface area contributed by atoms with E-state index in [0.29, 0.717) is 38.9 Å². The van der Waals surface area contributed by atoms with Gasteiger partial charge in [0.05, 0.1) is 39.2 Å². The molecule has 2 N–H and O–H groups in total. The van der Waals surface area contributed by atoms with Crippen LogP contribution < -0.4 is 15.1 Å². The maximum Gasteiger partial charge on any atom is 0.226 e. The van der Waals surface area contributed by atoms with Crippen molar-refractivity contribution in [3.63, 3.8) is 0 Å². The normalized spacial score (nSPS) is 17.2. The molecule has 2 aromatic rings. The molecule has 11 nitrogen and oxygen atoms in total. The molecular weight excluding hydrogens is 400 g/mol. The maximum atomic E-state index is 8.88. The second kappa shape index (κ2) is 11.2. The first-order valence-corrected chi connectivity index (χ1v) is 11.1. The van der Waals surface area contributed by atoms with Crippen LogP contribution in [0.15, 0.2) is 12.3 Å². The van der Waals surface area contributed by atoms with E-state index in [4.69, 9.17) is 24.5 Å². The van der Waals surface area contributed by atoms with Crippen LogP contribution in [0.3, 0.4) is 0 Å². The van der Waals surface area contributed by atoms with Crippen LogP contribution >= 0.6 is 0 Å². The number of aryl methyl sites for hydroxylation is 1. The minimum atomic E-state index is 0.239. The standard InChI is InChI=1S/C20H32N8O3/c29-9-3-1-2-4-28-16-17(24-25-28)15-21-20-22-18(26-5-10-30-11-6-26)14-19(23-20)27-7-12-31-13-8-27/h14,16,29H,1-13,15H2,(H,21,22,23). The molecule has 0 aliphatic carbocycles. The van der Waals surface area contributed by atoms with Gasteiger partial charge in [0.25, 0.3) is 0 Å². The predicted molar refractivity (Wildman–Crippen MR) is 116 cm³/mol. The second-order valence-corrected chi connectivity index (χ2v) is 7.72. The summed E-state index contributed by atoms with van der Waals surface area (Å²) in [5.74, 6) is 2.41. The Kier molecular flexibility index (Phi) is 7.86. The van der Waals surface area contributed by atoms with Crippen molar-refractivity contribution in [1.29, 1.82) is 0 Å². The average molecular weight is 433 g/mol. The third-order valence-electron chi connectivity index (χ3n) is 5.43. The molecule has 2 aliphatic heterocycles. The number of aliphatic hydroxyl groups excluding tert-OH is 1. The summed E-state index contributed by atoms with van der Waals surface area (Å²) in [7, 11) is 0. The van der Waals surface area contributed by atoms with Gasteiger partial charge in [-0.25, -0.2) is 0 Å². The van der Waals surface area contributed by atoms with Gasteiger partial charge in [0, 0.05) is 45.4 Å². The quantitative estimate of drug-likeness (QED) is 0.515. The topological polar surface area (TPSA) is 114 Å². The van der Waals surface area contributed by atoms with E-state index in [2.05, 4.69) is 31.5 Å². The molecule has 170 valence electrons. The van der Waals surface area contributed by atoms with E-state index < -0.39 is 0 Å². The molecule has 2 aromatic heterocycles. The molecule has 0 radical (unpaired) electrons. The maximum absolute atomic E-state index is 8.88. The molecule has 0 atom stereocenters. The van der Waals surface area contributed by atoms with Crippen LogP contribution in [-0.4, -0.2) is 89.3 Å². The summed E-state index contributed by atoms with van der Waals surface area (Å²) >= 11 is 0. The highest BCUT2D eigenvalue weighted by Gasteiger charge is 2.19. The summed E-state index contributed by atoms with van der Waals surface area (Å²) in [6.07, 6.45) is 4.73. The smallest absolute Gasteiger partial charge is 0.226 e. The number of aromatic nitrogens is 5. The molecule has 2 fully saturated rings. The minimum Gasteiger partial charge on any atom is -0.396 e. The Bertz CT molecular complexity index is 769. The van der Waals surface area contributed by atoms with Crippen molar-refractivity contribution in [1.82, 2.24) is 25.0 Å². The largest absolute Gasteiger partial charge is 0.396 e. The summed E-state index contributed by atoms with van der Waals surface area (Å²) < 4.78 is 12.8. The molecule has 0 amide bonds. The summed E-state index contributed by atoms with van der Waals surface area (Å²) in [4.78, 5) is 14.0. The monoisotopic (exact) mass is 432 g/mol. The van der Waals surface area contributed by atoms with Gasteiger partial charge in [-0.15, -0.1) is 5.10 Å². The lowest BCUT2D eigenvalue weighted by Crippen LogP contribution is -2.39. The Morgan fingerprint density at radius 1 is 0.903 bits per heavy atom. The molecular formula is C20H32N8O3. The van der Waals surface area contributed by atoms with E-state index in [1.807, 2.05) is 10.9 Å². The van der Waals surface area contributed by atoms with Gasteiger partial charge in [-0.3, -0.25) is 4.68 Å². The molecule has 0 bridgehead atoms. The first-order valence-electron chi connectivity index (χ1n) is 11.1. The lowest BCUT2D eigenvalue weighted by molar-refractivity contribution is 0.122. The number of hydrogen-bond donors (Lipinski definition) is 2. The van der Waals surface area contributed by atoms with Gasteiger partial charge >= 0.3 is 0 Å². The van der Waals surface area contributed by atoms with Crippen LogP contribution in [-0.2, 0) is 22.6 Å². The molecule has 0 aromatic carbocycles. The van der Waals surface area contributed by atoms with Crippen molar-refractivity contribution in [2.24, 2.45) is 0 Å². The van der Waals surface area contributed by atoms with Crippen LogP contribution in [0.4, 0.5) is 17.6 Å². The molecule has 4 heterocycles. The summed E-state index contributed by atoms with van der Waals surface area (Å²) in [6.45, 7) is 7.68. The Hall–Kier alpha value is -2.50. The highest BCUT2D eigenvalue weighted by Crippen LogP contribution is 2.23. The van der Waals surface area contributed by atoms with Crippen molar-refractivity contribution in [3.8, 4) is 0 Å². The van der Waals surface area contributed by atoms with Gasteiger partial charge in [0.15, 0.2) is 0 Å². The van der Waals surface area contributed by atoms with E-state index in [1.165, 1.54) is 0 Å². The van der Waals surface area contributed by atoms with Crippen molar-refractivity contribution >= 4 is 17.6 Å². The summed E-state index contributed by atoms with van der Waals surface area (Å²) in [5.41, 5.74) is 0.843. The van der Waals surface area contributed by atoms with Crippen LogP contribution in [0, 0.1) is 0 Å². The van der Waals surface area contributed by atoms with Gasteiger partial charge in [-0.2, -0.15) is 9.97 Å². The zero-order valence-electron chi connectivity index (χ0n) is 17.9. The summed E-state index contributed by atoms with van der Waals surface area (Å²) in [6, 6.07) is 2.06. The van der Waals surface area contributed by atoms with Gasteiger partial charge in [-0.05, 0) is 19.3 Å². The van der Waals surface area contributed by atoms with E-state index in [0.717, 1.165) is 69.3 Å². The number of hydrogen-bond acceptors (Lipinski definition) is 10. The summed E-state index contributed by atoms with van der Waals surface area (Å²) in [5, 5.41) is 20.6. The number of unbranched alkanes of at least 4 members (excludes halogenated alkanes) is 2. The van der Waals surface area contributed by atoms with E-state index in [-0.39, 0.29) is 6.61 Å². The number of nitrogens with zero attached hydrogens (tertiary/aromatic N) is 7. The van der Waals surface area contributed by atoms with E-state index in [9.17, 15) is 0 Å². The molecule has 2 saturated heterocycles. The fourth-order valence-electron chi connectivity index (χ4n) is 3.67. The van der Waals surface area contributed by atoms with Gasteiger partial charge < -0.3 is 29.7 Å². The molecule has 11 heteroatoms. The van der Waals surface area contributed by atoms with E-state index in [1.54, 1.807) is 0 Å². The predicted octanol–water partition coefficient (Wildman–Crippen LogP) is 0.516. The number of anilines is 3. The highest BCUT2D eigenvalue weighted by atomic mass is 16.5. The van der Waals surface area contributed by atoms with Crippen LogP contribution in [0.1, 0.15) is 25.0 Å². The second-order valence-electron chi connectivity index (χ2n) is 7.72. The van der Waals surface area contributed by atoms with Crippen LogP contribution in [0.25, 0.3) is 0 Å². The zero-order chi connectivity index (χ0) is 21.3. The van der Waals surface area contributed by atoms with Crippen molar-refractivity contribution in [2.45, 2.75) is 32.4 Å². The van der Waals surface area contributed by atoms with Crippen molar-refractivity contribution in [2.75, 3.05) is 74.3 Å². The van der Waals surface area contributed by atoms with Crippen molar-refractivity contribution in [3.05, 3.63) is 18.0 Å². The first kappa shape index (κ1) is 21.7. The van der Waals surface area contributed by atoms with Crippen LogP contribution in [0.5, 0.6) is 0 Å². The fourth-order valence-corrected chi connectivity index (χ4v) is 3.67. The van der Waals surface area contributed by atoms with E-state index >= 15 is 0 Å². The number of aliphatic hydroxyl groups is 1. The first-order chi connectivity index (χ1) is 15.3. The van der Waals surface area contributed by atoms with Crippen LogP contribution in [0.2, 0.25) is 0 Å². The Morgan fingerprint density at radius 2 is 1.55 bits per heavy atom. The molecule has 4 rings (SSSR count). The zero-order valence-corrected chi connectivity index (χ0v) is 17.9. The lowest BCUT2D eigenvalue weighted by atomic mass is 10.2. The third-order valence-corrected chi connectivity index (χ3v) is 5.43.